The van der Waals surface area contributed by atoms with Gasteiger partial charge in [0.05, 0.1) is 6.07 Å². The highest BCUT2D eigenvalue weighted by molar-refractivity contribution is 5.03. The fourth-order valence-corrected chi connectivity index (χ4v) is 1.98. The smallest absolute Gasteiger partial charge is 0.103 e. The number of nitrogens with one attached hydrogen (secondary N) is 1. The average molecular weight is 267 g/mol. The molecule has 0 saturated heterocycles. The summed E-state index contributed by atoms with van der Waals surface area (Å²) < 4.78 is 0. The molecule has 3 nitrogen and oxygen atoms in total. The molecule has 1 unspecified atom stereocenters. The Morgan fingerprint density at radius 3 is 2.26 bits per heavy atom. The largest absolute Gasteiger partial charge is 0.301 e. The summed E-state index contributed by atoms with van der Waals surface area (Å²) in [6, 6.07) is 2.42. The van der Waals surface area contributed by atoms with Crippen LogP contribution in [0.2, 0.25) is 0 Å². The molecule has 0 aliphatic rings. The normalized spacial score (nSPS) is 15.3. The van der Waals surface area contributed by atoms with Crippen molar-refractivity contribution < 1.29 is 0 Å². The zero-order chi connectivity index (χ0) is 14.9. The van der Waals surface area contributed by atoms with Crippen LogP contribution in [0.25, 0.3) is 0 Å². The standard InChI is InChI=1S/C16H33N3/c1-7-12-18-16(5,14-17)11-9-10-13-19(6)15(3,4)8-2/h18H,7-13H2,1-6H3. The number of nitrogens with zero attached hydrogens (tertiary/aromatic N) is 2. The first-order chi connectivity index (χ1) is 8.81. The quantitative estimate of drug-likeness (QED) is 0.615. The van der Waals surface area contributed by atoms with Crippen LogP contribution < -0.4 is 5.32 Å². The van der Waals surface area contributed by atoms with Gasteiger partial charge in [0.25, 0.3) is 0 Å². The van der Waals surface area contributed by atoms with E-state index in [-0.39, 0.29) is 11.1 Å². The van der Waals surface area contributed by atoms with E-state index in [0.717, 1.165) is 45.2 Å². The minimum atomic E-state index is -0.352. The molecule has 0 aromatic heterocycles. The summed E-state index contributed by atoms with van der Waals surface area (Å²) in [7, 11) is 2.20. The van der Waals surface area contributed by atoms with E-state index in [4.69, 9.17) is 0 Å². The van der Waals surface area contributed by atoms with Crippen molar-refractivity contribution in [1.82, 2.24) is 10.2 Å². The molecule has 0 aliphatic heterocycles. The van der Waals surface area contributed by atoms with Crippen LogP contribution in [0.1, 0.15) is 66.7 Å². The molecule has 1 N–H and O–H groups in total. The lowest BCUT2D eigenvalue weighted by atomic mass is 9.95. The monoisotopic (exact) mass is 267 g/mol. The van der Waals surface area contributed by atoms with Crippen molar-refractivity contribution in [3.05, 3.63) is 0 Å². The first-order valence-electron chi connectivity index (χ1n) is 7.69. The molecule has 19 heavy (non-hydrogen) atoms. The Hall–Kier alpha value is -0.590. The first kappa shape index (κ1) is 18.4. The van der Waals surface area contributed by atoms with Crippen LogP contribution in [-0.2, 0) is 0 Å². The third kappa shape index (κ3) is 6.94. The number of hydrogen-bond donors (Lipinski definition) is 1. The third-order valence-electron chi connectivity index (χ3n) is 4.33. The minimum absolute atomic E-state index is 0.277. The van der Waals surface area contributed by atoms with E-state index in [9.17, 15) is 5.26 Å². The van der Waals surface area contributed by atoms with E-state index in [1.807, 2.05) is 6.92 Å². The van der Waals surface area contributed by atoms with Gasteiger partial charge in [0, 0.05) is 5.54 Å². The lowest BCUT2D eigenvalue weighted by molar-refractivity contribution is 0.147. The van der Waals surface area contributed by atoms with E-state index in [2.05, 4.69) is 51.0 Å². The molecule has 0 saturated carbocycles. The highest BCUT2D eigenvalue weighted by Crippen LogP contribution is 2.18. The molecular formula is C16H33N3. The number of unbranched alkanes of at least 4 members (excludes halogenated alkanes) is 1. The molecule has 3 heteroatoms. The fourth-order valence-electron chi connectivity index (χ4n) is 1.98. The maximum absolute atomic E-state index is 9.26. The van der Waals surface area contributed by atoms with Gasteiger partial charge in [0.2, 0.25) is 0 Å². The second-order valence-electron chi connectivity index (χ2n) is 6.42. The van der Waals surface area contributed by atoms with Crippen LogP contribution in [-0.4, -0.2) is 36.1 Å². The zero-order valence-electron chi connectivity index (χ0n) is 13.8. The summed E-state index contributed by atoms with van der Waals surface area (Å²) in [5.41, 5.74) is -0.0755. The van der Waals surface area contributed by atoms with Crippen LogP contribution in [0.15, 0.2) is 0 Å². The third-order valence-corrected chi connectivity index (χ3v) is 4.33. The molecule has 0 fully saturated rings. The zero-order valence-corrected chi connectivity index (χ0v) is 13.8. The lowest BCUT2D eigenvalue weighted by Gasteiger charge is -2.35. The molecule has 0 aromatic rings. The molecule has 0 rings (SSSR count). The van der Waals surface area contributed by atoms with E-state index in [1.54, 1.807) is 0 Å². The molecule has 0 amide bonds. The van der Waals surface area contributed by atoms with Gasteiger partial charge in [-0.1, -0.05) is 13.8 Å². The predicted octanol–water partition coefficient (Wildman–Crippen LogP) is 3.56. The van der Waals surface area contributed by atoms with Gasteiger partial charge in [-0.05, 0) is 73.0 Å². The van der Waals surface area contributed by atoms with E-state index < -0.39 is 0 Å². The van der Waals surface area contributed by atoms with Gasteiger partial charge in [0.15, 0.2) is 0 Å². The van der Waals surface area contributed by atoms with Crippen molar-refractivity contribution in [2.45, 2.75) is 77.8 Å². The van der Waals surface area contributed by atoms with Gasteiger partial charge in [-0.3, -0.25) is 5.32 Å². The molecule has 112 valence electrons. The predicted molar refractivity (Wildman–Crippen MR) is 83.2 cm³/mol. The maximum Gasteiger partial charge on any atom is 0.103 e. The van der Waals surface area contributed by atoms with Gasteiger partial charge in [-0.15, -0.1) is 0 Å². The summed E-state index contributed by atoms with van der Waals surface area (Å²) in [5, 5.41) is 12.6. The fraction of sp³-hybridized carbons (Fsp3) is 0.938. The SMILES string of the molecule is CCCNC(C)(C#N)CCCCN(C)C(C)(C)CC. The lowest BCUT2D eigenvalue weighted by Crippen LogP contribution is -2.42. The van der Waals surface area contributed by atoms with Crippen molar-refractivity contribution in [3.8, 4) is 6.07 Å². The second kappa shape index (κ2) is 8.55. The second-order valence-corrected chi connectivity index (χ2v) is 6.42. The van der Waals surface area contributed by atoms with Gasteiger partial charge in [-0.25, -0.2) is 0 Å². The topological polar surface area (TPSA) is 39.1 Å². The Morgan fingerprint density at radius 1 is 1.16 bits per heavy atom. The minimum Gasteiger partial charge on any atom is -0.301 e. The van der Waals surface area contributed by atoms with Crippen molar-refractivity contribution >= 4 is 0 Å². The van der Waals surface area contributed by atoms with Crippen LogP contribution in [0.3, 0.4) is 0 Å². The van der Waals surface area contributed by atoms with Crippen LogP contribution in [0, 0.1) is 11.3 Å². The van der Waals surface area contributed by atoms with Crippen molar-refractivity contribution in [3.63, 3.8) is 0 Å². The van der Waals surface area contributed by atoms with Crippen molar-refractivity contribution in [2.24, 2.45) is 0 Å². The van der Waals surface area contributed by atoms with Crippen molar-refractivity contribution in [2.75, 3.05) is 20.1 Å². The summed E-state index contributed by atoms with van der Waals surface area (Å²) in [6.07, 6.45) is 5.43. The van der Waals surface area contributed by atoms with Crippen LogP contribution in [0.4, 0.5) is 0 Å². The summed E-state index contributed by atoms with van der Waals surface area (Å²) in [6.45, 7) is 13.0. The molecule has 1 atom stereocenters. The summed E-state index contributed by atoms with van der Waals surface area (Å²) >= 11 is 0. The average Bonchev–Trinajstić information content (AvgIpc) is 2.41. The molecule has 0 heterocycles. The summed E-state index contributed by atoms with van der Waals surface area (Å²) in [5.74, 6) is 0. The molecule has 0 bridgehead atoms. The Bertz CT molecular complexity index is 280. The van der Waals surface area contributed by atoms with E-state index >= 15 is 0 Å². The van der Waals surface area contributed by atoms with Crippen LogP contribution in [0.5, 0.6) is 0 Å². The molecule has 0 aromatic carbocycles. The van der Waals surface area contributed by atoms with Gasteiger partial charge >= 0.3 is 0 Å². The maximum atomic E-state index is 9.26. The Morgan fingerprint density at radius 2 is 1.79 bits per heavy atom. The van der Waals surface area contributed by atoms with E-state index in [0.29, 0.717) is 0 Å². The first-order valence-corrected chi connectivity index (χ1v) is 7.69. The highest BCUT2D eigenvalue weighted by atomic mass is 15.2. The van der Waals surface area contributed by atoms with Gasteiger partial charge in [-0.2, -0.15) is 5.26 Å². The number of nitriles is 1. The highest BCUT2D eigenvalue weighted by Gasteiger charge is 2.23. The molecule has 0 aliphatic carbocycles. The van der Waals surface area contributed by atoms with Gasteiger partial charge < -0.3 is 4.90 Å². The Kier molecular flexibility index (Phi) is 8.29. The van der Waals surface area contributed by atoms with Crippen LogP contribution >= 0.6 is 0 Å². The molecular weight excluding hydrogens is 234 g/mol. The van der Waals surface area contributed by atoms with Gasteiger partial charge in [0.1, 0.15) is 5.54 Å². The molecule has 0 spiro atoms. The Labute approximate surface area is 120 Å². The molecule has 0 radical (unpaired) electrons. The van der Waals surface area contributed by atoms with Crippen molar-refractivity contribution in [1.29, 1.82) is 5.26 Å². The number of hydrogen-bond acceptors (Lipinski definition) is 3. The summed E-state index contributed by atoms with van der Waals surface area (Å²) in [4.78, 5) is 2.43. The van der Waals surface area contributed by atoms with E-state index in [1.165, 1.54) is 0 Å². The Balaban J connectivity index is 3.99. The number of rotatable bonds is 10.